The molecule has 0 N–H and O–H groups in total. The molecule has 0 saturated carbocycles. The van der Waals surface area contributed by atoms with Crippen LogP contribution in [-0.2, 0) is 4.74 Å². The largest absolute Gasteiger partial charge is 0.378 e. The zero-order valence-corrected chi connectivity index (χ0v) is 15.9. The molecule has 1 saturated heterocycles. The van der Waals surface area contributed by atoms with Gasteiger partial charge in [0.2, 0.25) is 0 Å². The molecule has 4 aromatic rings. The zero-order chi connectivity index (χ0) is 20.5. The van der Waals surface area contributed by atoms with Gasteiger partial charge in [0.25, 0.3) is 0 Å². The maximum Gasteiger partial charge on any atom is 0.184 e. The Balaban J connectivity index is 1.74. The highest BCUT2D eigenvalue weighted by molar-refractivity contribution is 5.89. The van der Waals surface area contributed by atoms with E-state index in [0.29, 0.717) is 65.8 Å². The number of morpholine rings is 1. The fraction of sp³-hybridized carbons (Fsp3) is 0.182. The van der Waals surface area contributed by atoms with Crippen LogP contribution in [0.4, 0.5) is 14.6 Å². The van der Waals surface area contributed by atoms with Gasteiger partial charge in [0.05, 0.1) is 24.6 Å². The maximum absolute atomic E-state index is 13.5. The monoisotopic (exact) mass is 405 g/mol. The first-order chi connectivity index (χ1) is 14.7. The second kappa shape index (κ2) is 7.72. The maximum atomic E-state index is 13.5. The summed E-state index contributed by atoms with van der Waals surface area (Å²) in [6, 6.07) is 12.1. The highest BCUT2D eigenvalue weighted by atomic mass is 19.1. The highest BCUT2D eigenvalue weighted by Gasteiger charge is 2.20. The van der Waals surface area contributed by atoms with Crippen molar-refractivity contribution in [2.45, 2.75) is 0 Å². The van der Waals surface area contributed by atoms with Gasteiger partial charge in [-0.25, -0.2) is 28.7 Å². The van der Waals surface area contributed by atoms with Gasteiger partial charge in [-0.05, 0) is 48.5 Å². The van der Waals surface area contributed by atoms with E-state index in [2.05, 4.69) is 14.9 Å². The third kappa shape index (κ3) is 3.46. The number of hydrogen-bond donors (Lipinski definition) is 0. The first-order valence-corrected chi connectivity index (χ1v) is 9.56. The molecule has 2 aromatic carbocycles. The fourth-order valence-electron chi connectivity index (χ4n) is 3.49. The zero-order valence-electron chi connectivity index (χ0n) is 15.9. The minimum Gasteiger partial charge on any atom is -0.378 e. The molecule has 2 aromatic heterocycles. The summed E-state index contributed by atoms with van der Waals surface area (Å²) in [5.74, 6) is 0.00532. The van der Waals surface area contributed by atoms with Crippen molar-refractivity contribution in [3.8, 4) is 22.5 Å². The summed E-state index contributed by atoms with van der Waals surface area (Å²) in [5.41, 5.74) is 3.49. The molecule has 1 aliphatic rings. The number of rotatable bonds is 3. The number of benzene rings is 2. The molecule has 0 amide bonds. The molecule has 1 fully saturated rings. The number of fused-ring (bicyclic) bond motifs is 1. The average molecular weight is 405 g/mol. The van der Waals surface area contributed by atoms with Crippen LogP contribution < -0.4 is 4.90 Å². The van der Waals surface area contributed by atoms with Gasteiger partial charge in [0.15, 0.2) is 17.0 Å². The normalized spacial score (nSPS) is 14.3. The van der Waals surface area contributed by atoms with Crippen LogP contribution in [0, 0.1) is 11.6 Å². The first kappa shape index (κ1) is 18.5. The molecule has 1 aliphatic heterocycles. The Kier molecular flexibility index (Phi) is 4.76. The summed E-state index contributed by atoms with van der Waals surface area (Å²) in [7, 11) is 0. The minimum atomic E-state index is -0.340. The lowest BCUT2D eigenvalue weighted by Gasteiger charge is -2.28. The molecule has 6 nitrogen and oxygen atoms in total. The summed E-state index contributed by atoms with van der Waals surface area (Å²) in [4.78, 5) is 20.4. The Hall–Kier alpha value is -3.52. The van der Waals surface area contributed by atoms with Gasteiger partial charge in [-0.15, -0.1) is 0 Å². The van der Waals surface area contributed by atoms with E-state index in [9.17, 15) is 8.78 Å². The summed E-state index contributed by atoms with van der Waals surface area (Å²) in [6.07, 6.45) is 1.47. The van der Waals surface area contributed by atoms with E-state index in [-0.39, 0.29) is 11.6 Å². The molecule has 30 heavy (non-hydrogen) atoms. The van der Waals surface area contributed by atoms with Crippen LogP contribution in [0.2, 0.25) is 0 Å². The second-order valence-electron chi connectivity index (χ2n) is 6.90. The summed E-state index contributed by atoms with van der Waals surface area (Å²) < 4.78 is 32.4. The molecular formula is C22H17F2N5O. The van der Waals surface area contributed by atoms with Gasteiger partial charge in [0, 0.05) is 24.2 Å². The SMILES string of the molecule is Fc1ccc(-c2nc3ncnc(N4CCOCC4)c3nc2-c2ccc(F)cc2)cc1. The van der Waals surface area contributed by atoms with E-state index in [1.165, 1.54) is 30.6 Å². The quantitative estimate of drug-likeness (QED) is 0.516. The third-order valence-electron chi connectivity index (χ3n) is 5.00. The van der Waals surface area contributed by atoms with Crippen LogP contribution in [0.1, 0.15) is 0 Å². The van der Waals surface area contributed by atoms with Crippen molar-refractivity contribution in [3.63, 3.8) is 0 Å². The average Bonchev–Trinajstić information content (AvgIpc) is 2.79. The molecule has 5 rings (SSSR count). The van der Waals surface area contributed by atoms with Crippen molar-refractivity contribution in [3.05, 3.63) is 66.5 Å². The minimum absolute atomic E-state index is 0.340. The van der Waals surface area contributed by atoms with E-state index in [0.717, 1.165) is 0 Å². The van der Waals surface area contributed by atoms with Crippen molar-refractivity contribution in [1.82, 2.24) is 19.9 Å². The van der Waals surface area contributed by atoms with Crippen LogP contribution in [0.3, 0.4) is 0 Å². The van der Waals surface area contributed by atoms with E-state index in [1.807, 2.05) is 0 Å². The van der Waals surface area contributed by atoms with Gasteiger partial charge >= 0.3 is 0 Å². The third-order valence-corrected chi connectivity index (χ3v) is 5.00. The molecule has 0 bridgehead atoms. The van der Waals surface area contributed by atoms with Crippen molar-refractivity contribution >= 4 is 17.0 Å². The van der Waals surface area contributed by atoms with Gasteiger partial charge in [-0.2, -0.15) is 0 Å². The molecule has 3 heterocycles. The number of halogens is 2. The van der Waals surface area contributed by atoms with Gasteiger partial charge in [-0.3, -0.25) is 0 Å². The van der Waals surface area contributed by atoms with E-state index < -0.39 is 0 Å². The molecule has 0 spiro atoms. The Bertz CT molecular complexity index is 1190. The second-order valence-corrected chi connectivity index (χ2v) is 6.90. The molecule has 8 heteroatoms. The van der Waals surface area contributed by atoms with Gasteiger partial charge in [0.1, 0.15) is 18.0 Å². The van der Waals surface area contributed by atoms with Crippen LogP contribution in [0.5, 0.6) is 0 Å². The summed E-state index contributed by atoms with van der Waals surface area (Å²) in [6.45, 7) is 2.60. The molecule has 0 radical (unpaired) electrons. The predicted molar refractivity (Wildman–Crippen MR) is 109 cm³/mol. The highest BCUT2D eigenvalue weighted by Crippen LogP contribution is 2.33. The van der Waals surface area contributed by atoms with Gasteiger partial charge < -0.3 is 9.64 Å². The smallest absolute Gasteiger partial charge is 0.184 e. The van der Waals surface area contributed by atoms with Crippen molar-refractivity contribution < 1.29 is 13.5 Å². The first-order valence-electron chi connectivity index (χ1n) is 9.56. The van der Waals surface area contributed by atoms with Crippen molar-refractivity contribution in [2.24, 2.45) is 0 Å². The standard InChI is InChI=1S/C22H17F2N5O/c23-16-5-1-14(2-6-16)18-19(15-3-7-17(24)8-4-15)28-21-20(27-18)22(26-13-25-21)29-9-11-30-12-10-29/h1-8,13H,9-12H2. The summed E-state index contributed by atoms with van der Waals surface area (Å²) >= 11 is 0. The van der Waals surface area contributed by atoms with Crippen LogP contribution >= 0.6 is 0 Å². The Morgan fingerprint density at radius 2 is 1.30 bits per heavy atom. The number of ether oxygens (including phenoxy) is 1. The number of hydrogen-bond acceptors (Lipinski definition) is 6. The van der Waals surface area contributed by atoms with E-state index >= 15 is 0 Å². The predicted octanol–water partition coefficient (Wildman–Crippen LogP) is 3.87. The van der Waals surface area contributed by atoms with Crippen LogP contribution in [0.25, 0.3) is 33.7 Å². The van der Waals surface area contributed by atoms with E-state index in [4.69, 9.17) is 14.7 Å². The molecular weight excluding hydrogens is 388 g/mol. The lowest BCUT2D eigenvalue weighted by molar-refractivity contribution is 0.122. The number of aromatic nitrogens is 4. The van der Waals surface area contributed by atoms with Crippen molar-refractivity contribution in [2.75, 3.05) is 31.2 Å². The molecule has 0 aliphatic carbocycles. The van der Waals surface area contributed by atoms with Crippen LogP contribution in [-0.4, -0.2) is 46.2 Å². The lowest BCUT2D eigenvalue weighted by atomic mass is 10.0. The molecule has 0 unspecified atom stereocenters. The Morgan fingerprint density at radius 3 is 1.90 bits per heavy atom. The van der Waals surface area contributed by atoms with Crippen molar-refractivity contribution in [1.29, 1.82) is 0 Å². The van der Waals surface area contributed by atoms with Crippen LogP contribution in [0.15, 0.2) is 54.9 Å². The molecule has 150 valence electrons. The topological polar surface area (TPSA) is 64.0 Å². The Labute approximate surface area is 171 Å². The number of anilines is 1. The molecule has 0 atom stereocenters. The van der Waals surface area contributed by atoms with E-state index in [1.54, 1.807) is 24.3 Å². The van der Waals surface area contributed by atoms with Gasteiger partial charge in [-0.1, -0.05) is 0 Å². The lowest BCUT2D eigenvalue weighted by Crippen LogP contribution is -2.37. The Morgan fingerprint density at radius 1 is 0.733 bits per heavy atom. The fourth-order valence-corrected chi connectivity index (χ4v) is 3.49. The summed E-state index contributed by atoms with van der Waals surface area (Å²) in [5, 5.41) is 0. The number of nitrogens with zero attached hydrogens (tertiary/aromatic N) is 5.